The average Bonchev–Trinajstić information content (AvgIpc) is 2.75. The number of benzene rings is 2. The van der Waals surface area contributed by atoms with Crippen molar-refractivity contribution >= 4 is 11.8 Å². The molecular formula is C29H42N2O. The molecule has 0 amide bonds. The van der Waals surface area contributed by atoms with Gasteiger partial charge < -0.3 is 15.3 Å². The molecule has 0 radical (unpaired) electrons. The van der Waals surface area contributed by atoms with E-state index in [0.29, 0.717) is 0 Å². The minimum Gasteiger partial charge on any atom is -0.508 e. The number of aryl methyl sites for hydroxylation is 2. The van der Waals surface area contributed by atoms with Crippen molar-refractivity contribution in [3.8, 4) is 5.75 Å². The summed E-state index contributed by atoms with van der Waals surface area (Å²) in [6.45, 7) is 22.7. The van der Waals surface area contributed by atoms with Crippen LogP contribution in [0.2, 0.25) is 0 Å². The predicted octanol–water partition coefficient (Wildman–Crippen LogP) is 7.99. The number of phenols is 1. The monoisotopic (exact) mass is 434 g/mol. The smallest absolute Gasteiger partial charge is 0.117 e. The number of nitrogens with one attached hydrogen (secondary N) is 1. The summed E-state index contributed by atoms with van der Waals surface area (Å²) in [6.07, 6.45) is 5.39. The van der Waals surface area contributed by atoms with E-state index in [2.05, 4.69) is 75.7 Å². The molecule has 0 spiro atoms. The Morgan fingerprint density at radius 3 is 2.38 bits per heavy atom. The Hall–Kier alpha value is -2.94. The predicted molar refractivity (Wildman–Crippen MR) is 142 cm³/mol. The molecule has 0 heterocycles. The summed E-state index contributed by atoms with van der Waals surface area (Å²) in [5, 5.41) is 13.3. The largest absolute Gasteiger partial charge is 0.508 e. The van der Waals surface area contributed by atoms with Crippen molar-refractivity contribution in [1.82, 2.24) is 4.90 Å². The van der Waals surface area contributed by atoms with Gasteiger partial charge in [-0.15, -0.1) is 0 Å². The summed E-state index contributed by atoms with van der Waals surface area (Å²) in [5.41, 5.74) is 8.31. The summed E-state index contributed by atoms with van der Waals surface area (Å²) < 4.78 is 0. The highest BCUT2D eigenvalue weighted by atomic mass is 16.3. The molecule has 0 aliphatic rings. The fraction of sp³-hybridized carbons (Fsp3) is 0.379. The molecule has 0 fully saturated rings. The fourth-order valence-electron chi connectivity index (χ4n) is 3.54. The quantitative estimate of drug-likeness (QED) is 0.393. The van der Waals surface area contributed by atoms with E-state index >= 15 is 0 Å². The van der Waals surface area contributed by atoms with Gasteiger partial charge in [0, 0.05) is 24.8 Å². The Morgan fingerprint density at radius 2 is 1.81 bits per heavy atom. The van der Waals surface area contributed by atoms with Crippen LogP contribution in [-0.4, -0.2) is 23.1 Å². The van der Waals surface area contributed by atoms with Gasteiger partial charge in [0.2, 0.25) is 0 Å². The van der Waals surface area contributed by atoms with Crippen molar-refractivity contribution in [2.24, 2.45) is 0 Å². The Balaban J connectivity index is 0.00000249. The van der Waals surface area contributed by atoms with Crippen LogP contribution in [0.1, 0.15) is 63.3 Å². The number of phenolic OH excluding ortho intramolecular Hbond substituents is 1. The minimum atomic E-state index is 0.255. The zero-order valence-electron chi connectivity index (χ0n) is 21.3. The maximum atomic E-state index is 9.80. The summed E-state index contributed by atoms with van der Waals surface area (Å²) in [5.74, 6) is 1.28. The Labute approximate surface area is 196 Å². The first kappa shape index (κ1) is 27.1. The second kappa shape index (κ2) is 13.5. The van der Waals surface area contributed by atoms with E-state index in [9.17, 15) is 5.11 Å². The molecule has 0 atom stereocenters. The van der Waals surface area contributed by atoms with Crippen LogP contribution >= 0.6 is 0 Å². The number of hydrogen-bond donors (Lipinski definition) is 2. The van der Waals surface area contributed by atoms with Crippen LogP contribution in [-0.2, 0) is 0 Å². The van der Waals surface area contributed by atoms with Gasteiger partial charge in [0.25, 0.3) is 0 Å². The van der Waals surface area contributed by atoms with Gasteiger partial charge in [-0.3, -0.25) is 0 Å². The number of nitrogens with zero attached hydrogens (tertiary/aromatic N) is 1. The molecule has 2 N–H and O–H groups in total. The number of hydrogen-bond acceptors (Lipinski definition) is 3. The lowest BCUT2D eigenvalue weighted by molar-refractivity contribution is 0.377. The topological polar surface area (TPSA) is 35.5 Å². The number of allylic oxidation sites excluding steroid dienone is 1. The van der Waals surface area contributed by atoms with Crippen molar-refractivity contribution in [3.05, 3.63) is 88.3 Å². The third-order valence-electron chi connectivity index (χ3n) is 5.32. The van der Waals surface area contributed by atoms with Crippen LogP contribution in [0.5, 0.6) is 5.75 Å². The lowest BCUT2D eigenvalue weighted by Gasteiger charge is -2.29. The lowest BCUT2D eigenvalue weighted by atomic mass is 9.96. The molecule has 3 nitrogen and oxygen atoms in total. The third-order valence-corrected chi connectivity index (χ3v) is 5.32. The number of rotatable bonds is 9. The molecular weight excluding hydrogens is 392 g/mol. The highest BCUT2D eigenvalue weighted by Crippen LogP contribution is 2.24. The molecule has 0 aromatic heterocycles. The van der Waals surface area contributed by atoms with Gasteiger partial charge in [-0.1, -0.05) is 56.7 Å². The molecule has 0 aliphatic heterocycles. The van der Waals surface area contributed by atoms with Crippen molar-refractivity contribution in [2.75, 3.05) is 18.4 Å². The highest BCUT2D eigenvalue weighted by molar-refractivity contribution is 5.63. The molecule has 0 unspecified atom stereocenters. The molecule has 32 heavy (non-hydrogen) atoms. The SMILES string of the molecule is C=C(C)/C(=C\c1cc(C)cc(C)c1C)CN(CCC)/C(=C/C)Nc1cccc(O)c1.CC. The van der Waals surface area contributed by atoms with Crippen LogP contribution in [0.15, 0.2) is 66.0 Å². The van der Waals surface area contributed by atoms with Gasteiger partial charge >= 0.3 is 0 Å². The van der Waals surface area contributed by atoms with Gasteiger partial charge in [-0.2, -0.15) is 0 Å². The maximum Gasteiger partial charge on any atom is 0.117 e. The van der Waals surface area contributed by atoms with Gasteiger partial charge in [-0.25, -0.2) is 0 Å². The molecule has 0 saturated carbocycles. The highest BCUT2D eigenvalue weighted by Gasteiger charge is 2.13. The van der Waals surface area contributed by atoms with E-state index in [1.54, 1.807) is 12.1 Å². The van der Waals surface area contributed by atoms with E-state index in [-0.39, 0.29) is 5.75 Å². The van der Waals surface area contributed by atoms with Gasteiger partial charge in [0.05, 0.1) is 0 Å². The van der Waals surface area contributed by atoms with E-state index in [1.165, 1.54) is 27.8 Å². The molecule has 3 heteroatoms. The summed E-state index contributed by atoms with van der Waals surface area (Å²) in [4.78, 5) is 2.34. The Kier molecular flexibility index (Phi) is 11.4. The van der Waals surface area contributed by atoms with Crippen LogP contribution < -0.4 is 5.32 Å². The van der Waals surface area contributed by atoms with Crippen molar-refractivity contribution < 1.29 is 5.11 Å². The normalized spacial score (nSPS) is 11.5. The van der Waals surface area contributed by atoms with Gasteiger partial charge in [0.1, 0.15) is 11.6 Å². The number of aromatic hydroxyl groups is 1. The second-order valence-electron chi connectivity index (χ2n) is 8.02. The van der Waals surface area contributed by atoms with E-state index in [0.717, 1.165) is 36.6 Å². The van der Waals surface area contributed by atoms with Crippen molar-refractivity contribution in [1.29, 1.82) is 0 Å². The van der Waals surface area contributed by atoms with E-state index < -0.39 is 0 Å². The minimum absolute atomic E-state index is 0.255. The first-order valence-corrected chi connectivity index (χ1v) is 11.7. The first-order valence-electron chi connectivity index (χ1n) is 11.7. The molecule has 2 rings (SSSR count). The average molecular weight is 435 g/mol. The zero-order chi connectivity index (χ0) is 24.3. The van der Waals surface area contributed by atoms with E-state index in [1.807, 2.05) is 32.9 Å². The molecule has 0 aliphatic carbocycles. The van der Waals surface area contributed by atoms with Crippen molar-refractivity contribution in [3.63, 3.8) is 0 Å². The third kappa shape index (κ3) is 7.96. The van der Waals surface area contributed by atoms with Gasteiger partial charge in [-0.05, 0) is 87.6 Å². The van der Waals surface area contributed by atoms with Crippen molar-refractivity contribution in [2.45, 2.75) is 61.8 Å². The van der Waals surface area contributed by atoms with Crippen LogP contribution in [0, 0.1) is 20.8 Å². The number of anilines is 1. The standard InChI is InChI=1S/C27H36N2O.C2H6/c1-8-13-29(27(9-2)28-25-11-10-12-26(30)17-25)18-24(19(3)4)16-23-15-20(5)14-21(6)22(23)7;1-2/h9-12,14-17,28,30H,3,8,13,18H2,1-2,4-7H3;1-2H3/b24-16-,27-9+;. The zero-order valence-corrected chi connectivity index (χ0v) is 21.3. The molecule has 2 aromatic carbocycles. The molecule has 174 valence electrons. The summed E-state index contributed by atoms with van der Waals surface area (Å²) in [6, 6.07) is 11.7. The fourth-order valence-corrected chi connectivity index (χ4v) is 3.54. The van der Waals surface area contributed by atoms with Gasteiger partial charge in [0.15, 0.2) is 0 Å². The lowest BCUT2D eigenvalue weighted by Crippen LogP contribution is -2.30. The maximum absolute atomic E-state index is 9.80. The molecule has 0 saturated heterocycles. The Bertz CT molecular complexity index is 954. The first-order chi connectivity index (χ1) is 15.2. The molecule has 2 aromatic rings. The second-order valence-corrected chi connectivity index (χ2v) is 8.02. The summed E-state index contributed by atoms with van der Waals surface area (Å²) in [7, 11) is 0. The van der Waals surface area contributed by atoms with Crippen LogP contribution in [0.3, 0.4) is 0 Å². The Morgan fingerprint density at radius 1 is 1.12 bits per heavy atom. The summed E-state index contributed by atoms with van der Waals surface area (Å²) >= 11 is 0. The van der Waals surface area contributed by atoms with Crippen LogP contribution in [0.4, 0.5) is 5.69 Å². The molecule has 0 bridgehead atoms. The van der Waals surface area contributed by atoms with Crippen LogP contribution in [0.25, 0.3) is 6.08 Å². The van der Waals surface area contributed by atoms with E-state index in [4.69, 9.17) is 0 Å².